The minimum Gasteiger partial charge on any atom is -0.444 e. The number of hydrogen-bond acceptors (Lipinski definition) is 8. The fourth-order valence-electron chi connectivity index (χ4n) is 5.20. The maximum Gasteiger partial charge on any atom is 0.415 e. The van der Waals surface area contributed by atoms with E-state index in [-0.39, 0.29) is 36.3 Å². The number of halogens is 1. The first-order valence-electron chi connectivity index (χ1n) is 11.9. The predicted octanol–water partition coefficient (Wildman–Crippen LogP) is 2.50. The second-order valence-electron chi connectivity index (χ2n) is 9.31. The summed E-state index contributed by atoms with van der Waals surface area (Å²) in [4.78, 5) is 47.0. The third kappa shape index (κ3) is 3.94. The van der Waals surface area contributed by atoms with E-state index in [1.807, 2.05) is 18.0 Å². The zero-order chi connectivity index (χ0) is 25.0. The molecule has 0 aliphatic carbocycles. The average Bonchev–Trinajstić information content (AvgIpc) is 3.42. The van der Waals surface area contributed by atoms with Gasteiger partial charge in [0.15, 0.2) is 0 Å². The molecule has 10 nitrogen and oxygen atoms in total. The highest BCUT2D eigenvalue weighted by Gasteiger charge is 2.40. The number of anilines is 4. The summed E-state index contributed by atoms with van der Waals surface area (Å²) < 4.78 is 20.3. The van der Waals surface area contributed by atoms with Crippen molar-refractivity contribution in [1.82, 2.24) is 10.3 Å². The van der Waals surface area contributed by atoms with E-state index in [4.69, 9.17) is 4.74 Å². The van der Waals surface area contributed by atoms with Gasteiger partial charge in [-0.15, -0.1) is 11.8 Å². The first-order valence-corrected chi connectivity index (χ1v) is 12.9. The van der Waals surface area contributed by atoms with Gasteiger partial charge in [0, 0.05) is 19.2 Å². The molecular formula is C24H25FN6O4S. The van der Waals surface area contributed by atoms with Crippen LogP contribution in [0.2, 0.25) is 0 Å². The van der Waals surface area contributed by atoms with Crippen molar-refractivity contribution in [1.29, 1.82) is 0 Å². The minimum atomic E-state index is -0.466. The zero-order valence-corrected chi connectivity index (χ0v) is 20.4. The van der Waals surface area contributed by atoms with Gasteiger partial charge in [0.1, 0.15) is 23.6 Å². The molecule has 2 atom stereocenters. The van der Waals surface area contributed by atoms with Crippen LogP contribution in [0.15, 0.2) is 29.2 Å². The number of hydrogen-bond donors (Lipinski definition) is 2. The number of ether oxygens (including phenoxy) is 1. The highest BCUT2D eigenvalue weighted by Crippen LogP contribution is 2.45. The lowest BCUT2D eigenvalue weighted by Crippen LogP contribution is -2.43. The molecule has 4 aliphatic rings. The monoisotopic (exact) mass is 512 g/mol. The van der Waals surface area contributed by atoms with Crippen LogP contribution >= 0.6 is 11.8 Å². The second kappa shape index (κ2) is 8.93. The number of thioether (sulfide) groups is 1. The van der Waals surface area contributed by atoms with Gasteiger partial charge in [0.25, 0.3) is 0 Å². The van der Waals surface area contributed by atoms with E-state index in [9.17, 15) is 18.8 Å². The molecule has 1 aromatic heterocycles. The number of benzene rings is 1. The fraction of sp³-hybridized carbons (Fsp3) is 0.417. The Morgan fingerprint density at radius 3 is 2.92 bits per heavy atom. The average molecular weight is 513 g/mol. The van der Waals surface area contributed by atoms with Crippen LogP contribution in [-0.2, 0) is 14.3 Å². The number of carbonyl (C=O) groups is 3. The Labute approximate surface area is 211 Å². The Morgan fingerprint density at radius 2 is 2.06 bits per heavy atom. The Morgan fingerprint density at radius 1 is 1.19 bits per heavy atom. The lowest BCUT2D eigenvalue weighted by Gasteiger charge is -2.32. The van der Waals surface area contributed by atoms with Crippen molar-refractivity contribution in [3.05, 3.63) is 35.6 Å². The lowest BCUT2D eigenvalue weighted by molar-refractivity contribution is -0.117. The van der Waals surface area contributed by atoms with Crippen molar-refractivity contribution in [3.8, 4) is 0 Å². The SMILES string of the molecule is CN1CC(=O)N2C[C@@H](NCCC[C@@H]3CN(c4ccc5c(n4)NC(=O)CS5)C(=O)O3)c3c(F)ccc1c32. The highest BCUT2D eigenvalue weighted by atomic mass is 32.2. The molecule has 0 radical (unpaired) electrons. The number of fused-ring (bicyclic) bond motifs is 1. The molecule has 3 amide bonds. The predicted molar refractivity (Wildman–Crippen MR) is 133 cm³/mol. The first kappa shape index (κ1) is 23.0. The second-order valence-corrected chi connectivity index (χ2v) is 10.3. The lowest BCUT2D eigenvalue weighted by atomic mass is 10.0. The maximum atomic E-state index is 14.7. The summed E-state index contributed by atoms with van der Waals surface area (Å²) >= 11 is 1.41. The molecule has 2 N–H and O–H groups in total. The number of pyridine rings is 1. The minimum absolute atomic E-state index is 0.0342. The number of aromatic nitrogens is 1. The molecule has 36 heavy (non-hydrogen) atoms. The number of likely N-dealkylation sites (N-methyl/N-ethyl adjacent to an activating group) is 1. The van der Waals surface area contributed by atoms with Crippen LogP contribution in [0.1, 0.15) is 24.4 Å². The van der Waals surface area contributed by atoms with E-state index in [0.29, 0.717) is 61.1 Å². The van der Waals surface area contributed by atoms with Crippen LogP contribution in [-0.4, -0.2) is 68.0 Å². The molecule has 6 rings (SSSR count). The molecule has 0 bridgehead atoms. The van der Waals surface area contributed by atoms with E-state index < -0.39 is 6.09 Å². The summed E-state index contributed by atoms with van der Waals surface area (Å²) in [5.74, 6) is 0.785. The number of nitrogens with zero attached hydrogens (tertiary/aromatic N) is 4. The summed E-state index contributed by atoms with van der Waals surface area (Å²) in [6, 6.07) is 6.50. The summed E-state index contributed by atoms with van der Waals surface area (Å²) in [6.45, 7) is 1.63. The number of rotatable bonds is 6. The molecule has 0 unspecified atom stereocenters. The van der Waals surface area contributed by atoms with Gasteiger partial charge in [-0.2, -0.15) is 0 Å². The van der Waals surface area contributed by atoms with E-state index in [1.54, 1.807) is 17.0 Å². The highest BCUT2D eigenvalue weighted by molar-refractivity contribution is 8.00. The first-order chi connectivity index (χ1) is 17.4. The summed E-state index contributed by atoms with van der Waals surface area (Å²) in [5, 5.41) is 6.13. The molecule has 2 aromatic rings. The van der Waals surface area contributed by atoms with Crippen LogP contribution in [0.5, 0.6) is 0 Å². The Balaban J connectivity index is 1.06. The molecule has 0 spiro atoms. The Kier molecular flexibility index (Phi) is 5.72. The molecule has 4 aliphatic heterocycles. The van der Waals surface area contributed by atoms with Crippen molar-refractivity contribution in [2.75, 3.05) is 59.0 Å². The van der Waals surface area contributed by atoms with Gasteiger partial charge in [-0.05, 0) is 43.7 Å². The van der Waals surface area contributed by atoms with E-state index >= 15 is 0 Å². The van der Waals surface area contributed by atoms with Crippen LogP contribution < -0.4 is 25.3 Å². The summed E-state index contributed by atoms with van der Waals surface area (Å²) in [6.07, 6.45) is 0.567. The quantitative estimate of drug-likeness (QED) is 0.569. The van der Waals surface area contributed by atoms with Gasteiger partial charge < -0.3 is 25.2 Å². The van der Waals surface area contributed by atoms with Crippen molar-refractivity contribution in [2.24, 2.45) is 0 Å². The molecule has 1 fully saturated rings. The summed E-state index contributed by atoms with van der Waals surface area (Å²) in [5.41, 5.74) is 2.07. The molecule has 1 aromatic carbocycles. The summed E-state index contributed by atoms with van der Waals surface area (Å²) in [7, 11) is 1.84. The van der Waals surface area contributed by atoms with Crippen LogP contribution in [0.25, 0.3) is 0 Å². The number of cyclic esters (lactones) is 1. The van der Waals surface area contributed by atoms with Crippen LogP contribution in [0.3, 0.4) is 0 Å². The van der Waals surface area contributed by atoms with Gasteiger partial charge in [-0.1, -0.05) is 0 Å². The molecule has 0 saturated carbocycles. The van der Waals surface area contributed by atoms with Crippen molar-refractivity contribution in [3.63, 3.8) is 0 Å². The maximum absolute atomic E-state index is 14.7. The van der Waals surface area contributed by atoms with Crippen molar-refractivity contribution in [2.45, 2.75) is 29.9 Å². The Bertz CT molecular complexity index is 1280. The molecule has 5 heterocycles. The van der Waals surface area contributed by atoms with Crippen molar-refractivity contribution >= 4 is 52.7 Å². The van der Waals surface area contributed by atoms with E-state index in [0.717, 1.165) is 10.6 Å². The van der Waals surface area contributed by atoms with E-state index in [2.05, 4.69) is 15.6 Å². The topological polar surface area (TPSA) is 107 Å². The molecule has 1 saturated heterocycles. The Hall–Kier alpha value is -3.38. The number of amides is 3. The third-order valence-electron chi connectivity index (χ3n) is 6.92. The largest absolute Gasteiger partial charge is 0.444 e. The normalized spacial score (nSPS) is 22.5. The van der Waals surface area contributed by atoms with Gasteiger partial charge >= 0.3 is 6.09 Å². The molecule has 188 valence electrons. The van der Waals surface area contributed by atoms with Gasteiger partial charge in [0.05, 0.1) is 41.2 Å². The van der Waals surface area contributed by atoms with Gasteiger partial charge in [-0.25, -0.2) is 14.2 Å². The fourth-order valence-corrected chi connectivity index (χ4v) is 5.95. The van der Waals surface area contributed by atoms with Gasteiger partial charge in [-0.3, -0.25) is 14.5 Å². The van der Waals surface area contributed by atoms with Crippen LogP contribution in [0.4, 0.5) is 32.2 Å². The molecular weight excluding hydrogens is 487 g/mol. The number of nitrogens with one attached hydrogen (secondary N) is 2. The smallest absolute Gasteiger partial charge is 0.415 e. The zero-order valence-electron chi connectivity index (χ0n) is 19.6. The number of carbonyl (C=O) groups excluding carboxylic acids is 3. The molecule has 12 heteroatoms. The van der Waals surface area contributed by atoms with E-state index in [1.165, 1.54) is 22.7 Å². The standard InChI is InChI=1S/C24H25FN6O4S/c1-29-11-20(33)31-10-15(21-14(25)4-5-16(29)22(21)31)26-8-2-3-13-9-30(24(34)35-13)18-7-6-17-23(27-18)28-19(32)12-36-17/h4-7,13,15,26H,2-3,8-12H2,1H3,(H,27,28,32)/t13-,15-/m1/s1. The van der Waals surface area contributed by atoms with Crippen LogP contribution in [0, 0.1) is 5.82 Å². The third-order valence-corrected chi connectivity index (χ3v) is 7.96. The van der Waals surface area contributed by atoms with Crippen molar-refractivity contribution < 1.29 is 23.5 Å². The van der Waals surface area contributed by atoms with Gasteiger partial charge in [0.2, 0.25) is 11.8 Å².